The lowest BCUT2D eigenvalue weighted by Gasteiger charge is -2.30. The second-order valence-corrected chi connectivity index (χ2v) is 11.6. The lowest BCUT2D eigenvalue weighted by Crippen LogP contribution is -2.40. The molecule has 1 aliphatic carbocycles. The maximum absolute atomic E-state index is 13.9. The molecule has 0 N–H and O–H groups in total. The van der Waals surface area contributed by atoms with Crippen LogP contribution in [0.5, 0.6) is 23.0 Å². The van der Waals surface area contributed by atoms with Crippen molar-refractivity contribution in [3.8, 4) is 23.0 Å². The third-order valence-electron chi connectivity index (χ3n) is 7.76. The van der Waals surface area contributed by atoms with Crippen LogP contribution in [-0.2, 0) is 17.8 Å². The van der Waals surface area contributed by atoms with Crippen LogP contribution >= 0.6 is 11.8 Å². The smallest absolute Gasteiger partial charge is 0.267 e. The number of nitrogens with zero attached hydrogens (tertiary/aromatic N) is 2. The predicted molar refractivity (Wildman–Crippen MR) is 167 cm³/mol. The normalized spacial score (nSPS) is 18.7. The minimum absolute atomic E-state index is 0.0284. The summed E-state index contributed by atoms with van der Waals surface area (Å²) in [5.74, 6) is 2.78. The number of amidine groups is 1. The Bertz CT molecular complexity index is 1510. The number of rotatable bonds is 9. The summed E-state index contributed by atoms with van der Waals surface area (Å²) in [6, 6.07) is 20.0. The molecule has 218 valence electrons. The second-order valence-electron chi connectivity index (χ2n) is 10.6. The number of ether oxygens (including phenoxy) is 4. The summed E-state index contributed by atoms with van der Waals surface area (Å²) in [5.41, 5.74) is 3.96. The SMILES string of the molecule is CCOc1cc(/C=C2/SC(=Nc3ccccc3CC)N(C3CCCCC3)C2=O)ccc1OCc1ccc2c(c1)OCO2. The zero-order chi connectivity index (χ0) is 28.9. The molecule has 42 heavy (non-hydrogen) atoms. The van der Waals surface area contributed by atoms with Gasteiger partial charge >= 0.3 is 0 Å². The Balaban J connectivity index is 1.26. The standard InChI is InChI=1S/C34H36N2O5S/c1-3-25-10-8-9-13-27(25)35-34-36(26-11-6-5-7-12-26)33(37)32(42-34)20-23-14-16-28(30(18-23)38-4-2)39-21-24-15-17-29-31(19-24)41-22-40-29/h8-10,13-20,26H,3-7,11-12,21-22H2,1-2H3/b32-20+,35-34?. The van der Waals surface area contributed by atoms with Crippen LogP contribution in [0, 0.1) is 0 Å². The molecule has 1 amide bonds. The van der Waals surface area contributed by atoms with E-state index in [2.05, 4.69) is 13.0 Å². The van der Waals surface area contributed by atoms with Crippen molar-refractivity contribution in [2.45, 2.75) is 65.0 Å². The number of thioether (sulfide) groups is 1. The molecule has 0 atom stereocenters. The number of carbonyl (C=O) groups is 1. The molecular weight excluding hydrogens is 548 g/mol. The van der Waals surface area contributed by atoms with E-state index in [9.17, 15) is 4.79 Å². The number of amides is 1. The van der Waals surface area contributed by atoms with Crippen molar-refractivity contribution in [1.29, 1.82) is 0 Å². The summed E-state index contributed by atoms with van der Waals surface area (Å²) in [6.45, 7) is 5.18. The molecule has 0 spiro atoms. The summed E-state index contributed by atoms with van der Waals surface area (Å²) in [6.07, 6.45) is 8.37. The van der Waals surface area contributed by atoms with Gasteiger partial charge in [-0.3, -0.25) is 9.69 Å². The third kappa shape index (κ3) is 6.14. The zero-order valence-corrected chi connectivity index (χ0v) is 25.0. The molecule has 2 aliphatic heterocycles. The molecular formula is C34H36N2O5S. The van der Waals surface area contributed by atoms with Gasteiger partial charge in [0.05, 0.1) is 17.2 Å². The molecule has 7 nitrogen and oxygen atoms in total. The highest BCUT2D eigenvalue weighted by molar-refractivity contribution is 8.18. The van der Waals surface area contributed by atoms with Crippen LogP contribution in [0.4, 0.5) is 5.69 Å². The van der Waals surface area contributed by atoms with Crippen molar-refractivity contribution >= 4 is 34.6 Å². The molecule has 2 fully saturated rings. The summed E-state index contributed by atoms with van der Waals surface area (Å²) >= 11 is 1.46. The van der Waals surface area contributed by atoms with Crippen LogP contribution in [0.1, 0.15) is 62.6 Å². The van der Waals surface area contributed by atoms with Gasteiger partial charge in [-0.05, 0) is 91.0 Å². The maximum atomic E-state index is 13.9. The average Bonchev–Trinajstić information content (AvgIpc) is 3.61. The van der Waals surface area contributed by atoms with Crippen molar-refractivity contribution in [3.05, 3.63) is 82.3 Å². The topological polar surface area (TPSA) is 69.6 Å². The first kappa shape index (κ1) is 28.2. The number of hydrogen-bond donors (Lipinski definition) is 0. The molecule has 1 saturated carbocycles. The molecule has 6 rings (SSSR count). The highest BCUT2D eigenvalue weighted by atomic mass is 32.2. The van der Waals surface area contributed by atoms with E-state index in [1.807, 2.05) is 72.5 Å². The molecule has 0 aromatic heterocycles. The fraction of sp³-hybridized carbons (Fsp3) is 0.353. The van der Waals surface area contributed by atoms with E-state index in [0.29, 0.717) is 29.6 Å². The summed E-state index contributed by atoms with van der Waals surface area (Å²) < 4.78 is 23.0. The van der Waals surface area contributed by atoms with Gasteiger partial charge in [0.15, 0.2) is 28.2 Å². The van der Waals surface area contributed by atoms with Crippen LogP contribution in [0.2, 0.25) is 0 Å². The Labute approximate surface area is 251 Å². The van der Waals surface area contributed by atoms with E-state index < -0.39 is 0 Å². The fourth-order valence-corrected chi connectivity index (χ4v) is 6.64. The first-order valence-corrected chi connectivity index (χ1v) is 15.6. The molecule has 1 saturated heterocycles. The molecule has 3 aliphatic rings. The van der Waals surface area contributed by atoms with E-state index in [0.717, 1.165) is 65.6 Å². The Hall–Kier alpha value is -3.91. The minimum atomic E-state index is 0.0284. The number of carbonyl (C=O) groups excluding carboxylic acids is 1. The number of para-hydroxylation sites is 1. The van der Waals surface area contributed by atoms with Crippen molar-refractivity contribution in [1.82, 2.24) is 4.90 Å². The molecule has 0 unspecified atom stereocenters. The zero-order valence-electron chi connectivity index (χ0n) is 24.1. The third-order valence-corrected chi connectivity index (χ3v) is 8.74. The molecule has 0 radical (unpaired) electrons. The van der Waals surface area contributed by atoms with Gasteiger partial charge in [0.2, 0.25) is 6.79 Å². The number of hydrogen-bond acceptors (Lipinski definition) is 7. The highest BCUT2D eigenvalue weighted by Crippen LogP contribution is 2.40. The van der Waals surface area contributed by atoms with Gasteiger partial charge in [-0.1, -0.05) is 56.5 Å². The largest absolute Gasteiger partial charge is 0.490 e. The number of fused-ring (bicyclic) bond motifs is 1. The van der Waals surface area contributed by atoms with Gasteiger partial charge in [0.25, 0.3) is 5.91 Å². The second kappa shape index (κ2) is 12.9. The maximum Gasteiger partial charge on any atom is 0.267 e. The first-order chi connectivity index (χ1) is 20.6. The monoisotopic (exact) mass is 584 g/mol. The van der Waals surface area contributed by atoms with E-state index >= 15 is 0 Å². The molecule has 3 aromatic carbocycles. The Morgan fingerprint density at radius 3 is 2.62 bits per heavy atom. The van der Waals surface area contributed by atoms with E-state index in [-0.39, 0.29) is 18.7 Å². The van der Waals surface area contributed by atoms with E-state index in [1.54, 1.807) is 0 Å². The van der Waals surface area contributed by atoms with E-state index in [4.69, 9.17) is 23.9 Å². The Kier molecular flexibility index (Phi) is 8.70. The van der Waals surface area contributed by atoms with Crippen LogP contribution in [0.3, 0.4) is 0 Å². The molecule has 8 heteroatoms. The van der Waals surface area contributed by atoms with Gasteiger partial charge in [-0.15, -0.1) is 0 Å². The predicted octanol–water partition coefficient (Wildman–Crippen LogP) is 7.89. The van der Waals surface area contributed by atoms with Gasteiger partial charge in [-0.2, -0.15) is 0 Å². The summed E-state index contributed by atoms with van der Waals surface area (Å²) in [5, 5.41) is 0.771. The number of aryl methyl sites for hydroxylation is 1. The van der Waals surface area contributed by atoms with Crippen molar-refractivity contribution < 1.29 is 23.7 Å². The van der Waals surface area contributed by atoms with Crippen molar-refractivity contribution in [2.24, 2.45) is 4.99 Å². The van der Waals surface area contributed by atoms with E-state index in [1.165, 1.54) is 23.7 Å². The van der Waals surface area contributed by atoms with Crippen LogP contribution < -0.4 is 18.9 Å². The molecule has 3 aromatic rings. The summed E-state index contributed by atoms with van der Waals surface area (Å²) in [7, 11) is 0. The Morgan fingerprint density at radius 2 is 1.79 bits per heavy atom. The number of aliphatic imine (C=N–C) groups is 1. The fourth-order valence-electron chi connectivity index (χ4n) is 5.59. The van der Waals surface area contributed by atoms with Gasteiger partial charge in [0, 0.05) is 6.04 Å². The minimum Gasteiger partial charge on any atom is -0.490 e. The van der Waals surface area contributed by atoms with Gasteiger partial charge in [0.1, 0.15) is 6.61 Å². The van der Waals surface area contributed by atoms with Gasteiger partial charge < -0.3 is 18.9 Å². The van der Waals surface area contributed by atoms with Crippen LogP contribution in [-0.4, -0.2) is 35.4 Å². The molecule has 2 heterocycles. The first-order valence-electron chi connectivity index (χ1n) is 14.8. The van der Waals surface area contributed by atoms with Gasteiger partial charge in [-0.25, -0.2) is 4.99 Å². The van der Waals surface area contributed by atoms with Crippen LogP contribution in [0.25, 0.3) is 6.08 Å². The lowest BCUT2D eigenvalue weighted by molar-refractivity contribution is -0.124. The van der Waals surface area contributed by atoms with Crippen molar-refractivity contribution in [3.63, 3.8) is 0 Å². The summed E-state index contributed by atoms with van der Waals surface area (Å²) in [4.78, 5) is 21.5. The Morgan fingerprint density at radius 1 is 0.952 bits per heavy atom. The molecule has 0 bridgehead atoms. The average molecular weight is 585 g/mol. The lowest BCUT2D eigenvalue weighted by atomic mass is 9.94. The van der Waals surface area contributed by atoms with Crippen LogP contribution in [0.15, 0.2) is 70.6 Å². The number of benzene rings is 3. The van der Waals surface area contributed by atoms with Crippen molar-refractivity contribution in [2.75, 3.05) is 13.4 Å². The highest BCUT2D eigenvalue weighted by Gasteiger charge is 2.38. The quantitative estimate of drug-likeness (QED) is 0.238.